The highest BCUT2D eigenvalue weighted by Gasteiger charge is 2.01. The van der Waals surface area contributed by atoms with Gasteiger partial charge in [-0.1, -0.05) is 58.4 Å². The molecule has 0 aromatic rings. The van der Waals surface area contributed by atoms with E-state index in [1.165, 1.54) is 51.4 Å². The van der Waals surface area contributed by atoms with Crippen LogP contribution in [-0.4, -0.2) is 0 Å². The first kappa shape index (κ1) is 16.1. The lowest BCUT2D eigenvalue weighted by Crippen LogP contribution is -1.96. The maximum absolute atomic E-state index is 3.73. The second-order valence-corrected chi connectivity index (χ2v) is 3.96. The van der Waals surface area contributed by atoms with Crippen LogP contribution in [0.1, 0.15) is 65.2 Å². The Morgan fingerprint density at radius 2 is 1.57 bits per heavy atom. The highest BCUT2D eigenvalue weighted by atomic mass is 14.1. The van der Waals surface area contributed by atoms with Crippen molar-refractivity contribution >= 4 is 0 Å². The Balaban J connectivity index is 0. The quantitative estimate of drug-likeness (QED) is 0.406. The van der Waals surface area contributed by atoms with E-state index in [2.05, 4.69) is 20.4 Å². The summed E-state index contributed by atoms with van der Waals surface area (Å²) in [5.74, 6) is 0.986. The standard InChI is InChI=1S/C13H26.H3N/c1-4-7-8-9-10-11-12-13(5-2)6-3;/h4,13H,1,5-12H2,2-3H3;1H3. The van der Waals surface area contributed by atoms with Gasteiger partial charge in [-0.05, 0) is 18.8 Å². The summed E-state index contributed by atoms with van der Waals surface area (Å²) in [6.45, 7) is 8.36. The van der Waals surface area contributed by atoms with Gasteiger partial charge in [-0.15, -0.1) is 6.58 Å². The van der Waals surface area contributed by atoms with Crippen molar-refractivity contribution in [3.8, 4) is 0 Å². The van der Waals surface area contributed by atoms with E-state index in [0.717, 1.165) is 5.92 Å². The zero-order valence-corrected chi connectivity index (χ0v) is 10.2. The zero-order chi connectivity index (χ0) is 9.94. The Morgan fingerprint density at radius 1 is 1.00 bits per heavy atom. The van der Waals surface area contributed by atoms with Crippen LogP contribution in [0.3, 0.4) is 0 Å². The van der Waals surface area contributed by atoms with Gasteiger partial charge in [0.15, 0.2) is 0 Å². The average Bonchev–Trinajstić information content (AvgIpc) is 2.17. The van der Waals surface area contributed by atoms with Crippen LogP contribution >= 0.6 is 0 Å². The minimum absolute atomic E-state index is 0. The molecule has 86 valence electrons. The number of hydrogen-bond donors (Lipinski definition) is 1. The summed E-state index contributed by atoms with van der Waals surface area (Å²) in [6, 6.07) is 0. The van der Waals surface area contributed by atoms with Crippen LogP contribution in [0.15, 0.2) is 12.7 Å². The molecular weight excluding hydrogens is 170 g/mol. The van der Waals surface area contributed by atoms with E-state index in [9.17, 15) is 0 Å². The number of allylic oxidation sites excluding steroid dienone is 1. The van der Waals surface area contributed by atoms with Crippen molar-refractivity contribution in [2.24, 2.45) is 5.92 Å². The molecule has 0 rings (SSSR count). The third-order valence-corrected chi connectivity index (χ3v) is 2.93. The summed E-state index contributed by atoms with van der Waals surface area (Å²) >= 11 is 0. The third kappa shape index (κ3) is 9.79. The molecule has 0 amide bonds. The smallest absolute Gasteiger partial charge is 0.0353 e. The molecule has 0 aromatic heterocycles. The number of unbranched alkanes of at least 4 members (excludes halogenated alkanes) is 4. The van der Waals surface area contributed by atoms with E-state index in [0.29, 0.717) is 0 Å². The molecule has 0 atom stereocenters. The van der Waals surface area contributed by atoms with Crippen molar-refractivity contribution in [1.29, 1.82) is 0 Å². The molecule has 1 nitrogen and oxygen atoms in total. The summed E-state index contributed by atoms with van der Waals surface area (Å²) in [7, 11) is 0. The molecule has 3 N–H and O–H groups in total. The molecule has 0 unspecified atom stereocenters. The van der Waals surface area contributed by atoms with Gasteiger partial charge in [0.25, 0.3) is 0 Å². The van der Waals surface area contributed by atoms with Crippen LogP contribution < -0.4 is 6.15 Å². The topological polar surface area (TPSA) is 35.0 Å². The molecule has 0 aliphatic heterocycles. The van der Waals surface area contributed by atoms with Crippen molar-refractivity contribution in [3.63, 3.8) is 0 Å². The lowest BCUT2D eigenvalue weighted by atomic mass is 9.96. The fraction of sp³-hybridized carbons (Fsp3) is 0.846. The van der Waals surface area contributed by atoms with Crippen LogP contribution in [0.5, 0.6) is 0 Å². The highest BCUT2D eigenvalue weighted by Crippen LogP contribution is 2.17. The van der Waals surface area contributed by atoms with Gasteiger partial charge < -0.3 is 6.15 Å². The predicted molar refractivity (Wildman–Crippen MR) is 67.0 cm³/mol. The number of hydrogen-bond acceptors (Lipinski definition) is 1. The summed E-state index contributed by atoms with van der Waals surface area (Å²) in [5.41, 5.74) is 0. The second kappa shape index (κ2) is 12.7. The van der Waals surface area contributed by atoms with Gasteiger partial charge in [0.2, 0.25) is 0 Å². The lowest BCUT2D eigenvalue weighted by Gasteiger charge is -2.10. The second-order valence-electron chi connectivity index (χ2n) is 3.96. The molecule has 0 radical (unpaired) electrons. The average molecular weight is 199 g/mol. The van der Waals surface area contributed by atoms with E-state index < -0.39 is 0 Å². The minimum atomic E-state index is 0. The van der Waals surface area contributed by atoms with Crippen molar-refractivity contribution in [1.82, 2.24) is 6.15 Å². The van der Waals surface area contributed by atoms with Gasteiger partial charge in [0.1, 0.15) is 0 Å². The van der Waals surface area contributed by atoms with Crippen LogP contribution in [0.4, 0.5) is 0 Å². The Bertz CT molecular complexity index is 106. The van der Waals surface area contributed by atoms with Gasteiger partial charge in [-0.3, -0.25) is 0 Å². The first-order valence-electron chi connectivity index (χ1n) is 5.96. The molecule has 1 heteroatoms. The lowest BCUT2D eigenvalue weighted by molar-refractivity contribution is 0.428. The third-order valence-electron chi connectivity index (χ3n) is 2.93. The molecule has 0 saturated carbocycles. The molecule has 0 bridgehead atoms. The highest BCUT2D eigenvalue weighted by molar-refractivity contribution is 4.65. The fourth-order valence-electron chi connectivity index (χ4n) is 1.77. The molecular formula is C13H29N. The van der Waals surface area contributed by atoms with Crippen molar-refractivity contribution in [2.75, 3.05) is 0 Å². The van der Waals surface area contributed by atoms with Crippen LogP contribution in [0.2, 0.25) is 0 Å². The molecule has 0 aliphatic rings. The van der Waals surface area contributed by atoms with Crippen molar-refractivity contribution in [2.45, 2.75) is 65.2 Å². The molecule has 0 spiro atoms. The summed E-state index contributed by atoms with van der Waals surface area (Å²) < 4.78 is 0. The maximum Gasteiger partial charge on any atom is -0.0353 e. The normalized spacial score (nSPS) is 9.93. The largest absolute Gasteiger partial charge is 0.344 e. The molecule has 0 aliphatic carbocycles. The Morgan fingerprint density at radius 3 is 2.07 bits per heavy atom. The minimum Gasteiger partial charge on any atom is -0.344 e. The summed E-state index contributed by atoms with van der Waals surface area (Å²) in [5, 5.41) is 0. The fourth-order valence-corrected chi connectivity index (χ4v) is 1.77. The van der Waals surface area contributed by atoms with Gasteiger partial charge in [0.05, 0.1) is 0 Å². The van der Waals surface area contributed by atoms with Crippen molar-refractivity contribution in [3.05, 3.63) is 12.7 Å². The Hall–Kier alpha value is -0.300. The van der Waals surface area contributed by atoms with E-state index in [1.807, 2.05) is 6.08 Å². The Labute approximate surface area is 90.6 Å². The van der Waals surface area contributed by atoms with E-state index in [4.69, 9.17) is 0 Å². The van der Waals surface area contributed by atoms with Crippen LogP contribution in [0, 0.1) is 5.92 Å². The van der Waals surface area contributed by atoms with Crippen LogP contribution in [-0.2, 0) is 0 Å². The van der Waals surface area contributed by atoms with Gasteiger partial charge in [-0.25, -0.2) is 0 Å². The predicted octanol–water partition coefficient (Wildman–Crippen LogP) is 5.11. The molecule has 0 saturated heterocycles. The van der Waals surface area contributed by atoms with Gasteiger partial charge in [0, 0.05) is 0 Å². The molecule has 14 heavy (non-hydrogen) atoms. The SMILES string of the molecule is C=CCCCCCCC(CC)CC.N. The monoisotopic (exact) mass is 199 g/mol. The van der Waals surface area contributed by atoms with Crippen LogP contribution in [0.25, 0.3) is 0 Å². The van der Waals surface area contributed by atoms with E-state index in [1.54, 1.807) is 0 Å². The first-order valence-corrected chi connectivity index (χ1v) is 5.96. The molecule has 0 aromatic carbocycles. The Kier molecular flexibility index (Phi) is 14.6. The zero-order valence-electron chi connectivity index (χ0n) is 10.2. The first-order chi connectivity index (χ1) is 6.35. The van der Waals surface area contributed by atoms with E-state index >= 15 is 0 Å². The van der Waals surface area contributed by atoms with Crippen molar-refractivity contribution < 1.29 is 0 Å². The summed E-state index contributed by atoms with van der Waals surface area (Å²) in [6.07, 6.45) is 13.0. The number of rotatable bonds is 9. The van der Waals surface area contributed by atoms with E-state index in [-0.39, 0.29) is 6.15 Å². The van der Waals surface area contributed by atoms with Gasteiger partial charge >= 0.3 is 0 Å². The maximum atomic E-state index is 3.73. The molecule has 0 fully saturated rings. The summed E-state index contributed by atoms with van der Waals surface area (Å²) in [4.78, 5) is 0. The molecule has 0 heterocycles. The van der Waals surface area contributed by atoms with Gasteiger partial charge in [-0.2, -0.15) is 0 Å².